The van der Waals surface area contributed by atoms with Crippen molar-refractivity contribution in [2.75, 3.05) is 56.9 Å². The molecule has 1 aromatic carbocycles. The van der Waals surface area contributed by atoms with E-state index >= 15 is 0 Å². The van der Waals surface area contributed by atoms with Crippen molar-refractivity contribution >= 4 is 33.1 Å². The van der Waals surface area contributed by atoms with E-state index in [-0.39, 0.29) is 0 Å². The van der Waals surface area contributed by atoms with E-state index < -0.39 is 10.0 Å². The van der Waals surface area contributed by atoms with E-state index in [9.17, 15) is 8.42 Å². The molecule has 0 unspecified atom stereocenters. The molecule has 0 amide bonds. The Labute approximate surface area is 174 Å². The Morgan fingerprint density at radius 3 is 2.30 bits per heavy atom. The number of sulfonamides is 1. The first-order chi connectivity index (χ1) is 14.4. The van der Waals surface area contributed by atoms with Gasteiger partial charge in [-0.15, -0.1) is 5.10 Å². The summed E-state index contributed by atoms with van der Waals surface area (Å²) < 4.78 is 37.2. The maximum absolute atomic E-state index is 11.7. The van der Waals surface area contributed by atoms with Gasteiger partial charge in [0.1, 0.15) is 11.5 Å². The van der Waals surface area contributed by atoms with Crippen LogP contribution in [0.4, 0.5) is 17.5 Å². The third-order valence-electron chi connectivity index (χ3n) is 4.85. The minimum Gasteiger partial charge on any atom is -0.497 e. The van der Waals surface area contributed by atoms with Crippen molar-refractivity contribution in [3.05, 3.63) is 30.6 Å². The van der Waals surface area contributed by atoms with Crippen molar-refractivity contribution in [3.8, 4) is 11.5 Å². The lowest BCUT2D eigenvalue weighted by molar-refractivity contribution is 0.387. The zero-order valence-electron chi connectivity index (χ0n) is 16.9. The molecule has 0 spiro atoms. The van der Waals surface area contributed by atoms with Crippen LogP contribution in [0.3, 0.4) is 0 Å². The molecule has 0 saturated carbocycles. The van der Waals surface area contributed by atoms with Gasteiger partial charge in [0.2, 0.25) is 16.0 Å². The third-order valence-corrected chi connectivity index (χ3v) is 6.15. The molecule has 1 N–H and O–H groups in total. The van der Waals surface area contributed by atoms with Crippen LogP contribution in [-0.4, -0.2) is 79.0 Å². The molecular formula is C18H23N7O4S. The summed E-state index contributed by atoms with van der Waals surface area (Å²) in [5, 5.41) is 7.63. The first-order valence-corrected chi connectivity index (χ1v) is 11.1. The largest absolute Gasteiger partial charge is 0.497 e. The van der Waals surface area contributed by atoms with Gasteiger partial charge in [0.05, 0.1) is 20.5 Å². The monoisotopic (exact) mass is 433 g/mol. The Morgan fingerprint density at radius 1 is 1.03 bits per heavy atom. The van der Waals surface area contributed by atoms with Crippen molar-refractivity contribution < 1.29 is 17.9 Å². The van der Waals surface area contributed by atoms with Gasteiger partial charge < -0.3 is 19.7 Å². The van der Waals surface area contributed by atoms with E-state index in [4.69, 9.17) is 9.47 Å². The molecule has 1 aliphatic heterocycles. The summed E-state index contributed by atoms with van der Waals surface area (Å²) in [4.78, 5) is 11.1. The minimum absolute atomic E-state index is 0.398. The van der Waals surface area contributed by atoms with Crippen LogP contribution in [0.1, 0.15) is 0 Å². The predicted octanol–water partition coefficient (Wildman–Crippen LogP) is 0.967. The lowest BCUT2D eigenvalue weighted by atomic mass is 10.3. The standard InChI is InChI=1S/C18H23N7O4S/c1-28-14-10-13(11-15(12-14)29-2)20-18-21-17-16(19-4-5-25(17)22-18)23-6-8-24(9-7-23)30(3,26)27/h4-5,10-12H,6-9H2,1-3H3,(H,20,22). The van der Waals surface area contributed by atoms with Crippen molar-refractivity contribution in [2.45, 2.75) is 0 Å². The quantitative estimate of drug-likeness (QED) is 0.607. The first-order valence-electron chi connectivity index (χ1n) is 9.29. The summed E-state index contributed by atoms with van der Waals surface area (Å²) in [5.74, 6) is 2.35. The molecule has 0 bridgehead atoms. The second-order valence-electron chi connectivity index (χ2n) is 6.83. The number of piperazine rings is 1. The average Bonchev–Trinajstić information content (AvgIpc) is 3.15. The number of ether oxygens (including phenoxy) is 2. The number of hydrogen-bond donors (Lipinski definition) is 1. The zero-order chi connectivity index (χ0) is 21.3. The number of rotatable bonds is 6. The molecule has 0 aliphatic carbocycles. The number of nitrogens with one attached hydrogen (secondary N) is 1. The maximum atomic E-state index is 11.7. The lowest BCUT2D eigenvalue weighted by Crippen LogP contribution is -2.48. The van der Waals surface area contributed by atoms with Gasteiger partial charge in [-0.25, -0.2) is 17.9 Å². The molecule has 3 aromatic rings. The molecule has 2 aromatic heterocycles. The van der Waals surface area contributed by atoms with Crippen LogP contribution in [0.25, 0.3) is 5.65 Å². The van der Waals surface area contributed by atoms with Crippen LogP contribution in [-0.2, 0) is 10.0 Å². The average molecular weight is 433 g/mol. The SMILES string of the molecule is COc1cc(Nc2nc3c(N4CCN(S(C)(=O)=O)CC4)nccn3n2)cc(OC)c1. The van der Waals surface area contributed by atoms with Crippen LogP contribution in [0.2, 0.25) is 0 Å². The fourth-order valence-corrected chi connectivity index (χ4v) is 4.15. The zero-order valence-corrected chi connectivity index (χ0v) is 17.8. The summed E-state index contributed by atoms with van der Waals surface area (Å²) >= 11 is 0. The third kappa shape index (κ3) is 4.09. The van der Waals surface area contributed by atoms with Crippen LogP contribution >= 0.6 is 0 Å². The van der Waals surface area contributed by atoms with Gasteiger partial charge in [-0.05, 0) is 0 Å². The van der Waals surface area contributed by atoms with Gasteiger partial charge >= 0.3 is 0 Å². The number of anilines is 3. The number of aromatic nitrogens is 4. The molecule has 3 heterocycles. The smallest absolute Gasteiger partial charge is 0.247 e. The first kappa shape index (κ1) is 20.2. The Balaban J connectivity index is 1.59. The van der Waals surface area contributed by atoms with E-state index in [1.807, 2.05) is 17.0 Å². The van der Waals surface area contributed by atoms with Crippen LogP contribution < -0.4 is 19.7 Å². The molecule has 1 saturated heterocycles. The predicted molar refractivity (Wildman–Crippen MR) is 112 cm³/mol. The van der Waals surface area contributed by atoms with Crippen LogP contribution in [0.15, 0.2) is 30.6 Å². The lowest BCUT2D eigenvalue weighted by Gasteiger charge is -2.33. The fourth-order valence-electron chi connectivity index (χ4n) is 3.32. The summed E-state index contributed by atoms with van der Waals surface area (Å²) in [6.07, 6.45) is 4.60. The van der Waals surface area contributed by atoms with Gasteiger partial charge in [-0.1, -0.05) is 0 Å². The molecule has 1 aliphatic rings. The highest BCUT2D eigenvalue weighted by Crippen LogP contribution is 2.28. The minimum atomic E-state index is -3.19. The summed E-state index contributed by atoms with van der Waals surface area (Å²) in [6, 6.07) is 5.41. The normalized spacial score (nSPS) is 15.4. The van der Waals surface area contributed by atoms with E-state index in [2.05, 4.69) is 20.4 Å². The molecule has 30 heavy (non-hydrogen) atoms. The van der Waals surface area contributed by atoms with E-state index in [0.717, 1.165) is 5.69 Å². The number of fused-ring (bicyclic) bond motifs is 1. The summed E-state index contributed by atoms with van der Waals surface area (Å²) in [5.41, 5.74) is 1.31. The highest BCUT2D eigenvalue weighted by molar-refractivity contribution is 7.88. The van der Waals surface area contributed by atoms with Gasteiger partial charge in [-0.2, -0.15) is 9.29 Å². The summed E-state index contributed by atoms with van der Waals surface area (Å²) in [7, 11) is -0.0204. The molecule has 4 rings (SSSR count). The summed E-state index contributed by atoms with van der Waals surface area (Å²) in [6.45, 7) is 1.87. The van der Waals surface area contributed by atoms with Crippen molar-refractivity contribution in [1.29, 1.82) is 0 Å². The van der Waals surface area contributed by atoms with Gasteiger partial charge in [-0.3, -0.25) is 0 Å². The molecule has 1 fully saturated rings. The molecular weight excluding hydrogens is 410 g/mol. The highest BCUT2D eigenvalue weighted by atomic mass is 32.2. The topological polar surface area (TPSA) is 114 Å². The van der Waals surface area contributed by atoms with E-state index in [1.54, 1.807) is 37.2 Å². The van der Waals surface area contributed by atoms with Crippen molar-refractivity contribution in [1.82, 2.24) is 23.9 Å². The second-order valence-corrected chi connectivity index (χ2v) is 8.81. The van der Waals surface area contributed by atoms with Gasteiger partial charge in [0.15, 0.2) is 11.5 Å². The molecule has 160 valence electrons. The maximum Gasteiger partial charge on any atom is 0.247 e. The molecule has 12 heteroatoms. The fraction of sp³-hybridized carbons (Fsp3) is 0.389. The van der Waals surface area contributed by atoms with Crippen LogP contribution in [0, 0.1) is 0 Å². The number of benzene rings is 1. The van der Waals surface area contributed by atoms with Gasteiger partial charge in [0.25, 0.3) is 0 Å². The number of nitrogens with zero attached hydrogens (tertiary/aromatic N) is 6. The Bertz CT molecular complexity index is 1130. The van der Waals surface area contributed by atoms with E-state index in [1.165, 1.54) is 10.6 Å². The molecule has 0 atom stereocenters. The number of methoxy groups -OCH3 is 2. The number of hydrogen-bond acceptors (Lipinski definition) is 9. The Kier molecular flexibility index (Phi) is 5.35. The van der Waals surface area contributed by atoms with Crippen molar-refractivity contribution in [2.24, 2.45) is 0 Å². The van der Waals surface area contributed by atoms with E-state index in [0.29, 0.717) is 55.1 Å². The van der Waals surface area contributed by atoms with Gasteiger partial charge in [0, 0.05) is 62.5 Å². The highest BCUT2D eigenvalue weighted by Gasteiger charge is 2.26. The molecule has 11 nitrogen and oxygen atoms in total. The molecule has 0 radical (unpaired) electrons. The van der Waals surface area contributed by atoms with Crippen molar-refractivity contribution in [3.63, 3.8) is 0 Å². The van der Waals surface area contributed by atoms with Crippen LogP contribution in [0.5, 0.6) is 11.5 Å². The second kappa shape index (κ2) is 7.95. The Morgan fingerprint density at radius 2 is 1.70 bits per heavy atom. The Hall–Kier alpha value is -3.12.